The van der Waals surface area contributed by atoms with Crippen LogP contribution in [0, 0.1) is 6.92 Å². The van der Waals surface area contributed by atoms with Gasteiger partial charge in [0.2, 0.25) is 0 Å². The molecule has 1 saturated heterocycles. The second-order valence-electron chi connectivity index (χ2n) is 9.87. The number of aryl methyl sites for hydroxylation is 1. The van der Waals surface area contributed by atoms with Crippen molar-refractivity contribution in [2.24, 2.45) is 12.0 Å². The molecule has 0 spiro atoms. The lowest BCUT2D eigenvalue weighted by Crippen LogP contribution is -2.49. The molecule has 32 heavy (non-hydrogen) atoms. The van der Waals surface area contributed by atoms with E-state index >= 15 is 0 Å². The summed E-state index contributed by atoms with van der Waals surface area (Å²) < 4.78 is 2.00. The minimum absolute atomic E-state index is 0.194. The van der Waals surface area contributed by atoms with Gasteiger partial charge in [-0.25, -0.2) is 4.99 Å². The number of guanidine groups is 1. The van der Waals surface area contributed by atoms with Gasteiger partial charge in [0.05, 0.1) is 0 Å². The van der Waals surface area contributed by atoms with Gasteiger partial charge in [-0.3, -0.25) is 0 Å². The summed E-state index contributed by atoms with van der Waals surface area (Å²) in [4.78, 5) is 7.30. The summed E-state index contributed by atoms with van der Waals surface area (Å²) in [6.45, 7) is 14.5. The van der Waals surface area contributed by atoms with E-state index in [0.717, 1.165) is 62.9 Å². The fourth-order valence-corrected chi connectivity index (χ4v) is 3.92. The molecule has 0 aliphatic carbocycles. The topological polar surface area (TPSA) is 70.4 Å². The van der Waals surface area contributed by atoms with E-state index in [1.165, 1.54) is 11.3 Å². The number of nitrogens with one attached hydrogen (secondary N) is 2. The molecule has 0 radical (unpaired) electrons. The summed E-state index contributed by atoms with van der Waals surface area (Å²) >= 11 is 0. The van der Waals surface area contributed by atoms with E-state index < -0.39 is 0 Å². The molecular formula is C25H41N7. The normalized spacial score (nSPS) is 15.8. The first-order valence-electron chi connectivity index (χ1n) is 12.0. The van der Waals surface area contributed by atoms with E-state index in [1.807, 2.05) is 18.5 Å². The second-order valence-corrected chi connectivity index (χ2v) is 9.87. The molecule has 2 N–H and O–H groups in total. The minimum atomic E-state index is 0.194. The Morgan fingerprint density at radius 1 is 1.12 bits per heavy atom. The van der Waals surface area contributed by atoms with Crippen LogP contribution in [0.2, 0.25) is 0 Å². The van der Waals surface area contributed by atoms with Gasteiger partial charge in [-0.2, -0.15) is 0 Å². The van der Waals surface area contributed by atoms with Gasteiger partial charge >= 0.3 is 0 Å². The van der Waals surface area contributed by atoms with Gasteiger partial charge in [-0.15, -0.1) is 10.2 Å². The fraction of sp³-hybridized carbons (Fsp3) is 0.640. The lowest BCUT2D eigenvalue weighted by Gasteiger charge is -2.35. The molecule has 2 aromatic rings. The van der Waals surface area contributed by atoms with Crippen molar-refractivity contribution < 1.29 is 0 Å². The molecule has 3 rings (SSSR count). The fourth-order valence-electron chi connectivity index (χ4n) is 3.92. The second kappa shape index (κ2) is 10.8. The molecule has 176 valence electrons. The maximum Gasteiger partial charge on any atom is 0.191 e. The number of anilines is 1. The molecule has 7 heteroatoms. The van der Waals surface area contributed by atoms with Crippen LogP contribution >= 0.6 is 0 Å². The molecule has 1 aliphatic rings. The Morgan fingerprint density at radius 3 is 2.38 bits per heavy atom. The molecule has 1 fully saturated rings. The Balaban J connectivity index is 1.57. The molecule has 7 nitrogen and oxygen atoms in total. The van der Waals surface area contributed by atoms with E-state index in [1.54, 1.807) is 0 Å². The van der Waals surface area contributed by atoms with Gasteiger partial charge in [-0.05, 0) is 49.3 Å². The highest BCUT2D eigenvalue weighted by Gasteiger charge is 2.21. The maximum atomic E-state index is 4.80. The Bertz CT molecular complexity index is 869. The van der Waals surface area contributed by atoms with Crippen LogP contribution < -0.4 is 15.5 Å². The van der Waals surface area contributed by atoms with Crippen LogP contribution in [0.15, 0.2) is 29.3 Å². The summed E-state index contributed by atoms with van der Waals surface area (Å²) in [7, 11) is 1.99. The van der Waals surface area contributed by atoms with Crippen molar-refractivity contribution in [1.82, 2.24) is 25.4 Å². The lowest BCUT2D eigenvalue weighted by molar-refractivity contribution is 0.460. The van der Waals surface area contributed by atoms with Gasteiger partial charge in [0, 0.05) is 38.4 Å². The standard InChI is InChI=1S/C25H41N7/c1-7-8-15-26-24(27-18-23-30-29-19(2)31(23)6)28-21-13-16-32(17-14-21)22-11-9-20(10-12-22)25(3,4)5/h9-12,21H,7-8,13-18H2,1-6H3,(H2,26,27,28). The predicted molar refractivity (Wildman–Crippen MR) is 133 cm³/mol. The van der Waals surface area contributed by atoms with Gasteiger partial charge in [0.1, 0.15) is 12.4 Å². The highest BCUT2D eigenvalue weighted by Crippen LogP contribution is 2.26. The molecule has 2 heterocycles. The summed E-state index contributed by atoms with van der Waals surface area (Å²) in [5, 5.41) is 15.5. The SMILES string of the molecule is CCCCNC(=NCc1nnc(C)n1C)NC1CCN(c2ccc(C(C)(C)C)cc2)CC1. The quantitative estimate of drug-likeness (QED) is 0.389. The molecular weight excluding hydrogens is 398 g/mol. The zero-order valence-corrected chi connectivity index (χ0v) is 20.8. The maximum absolute atomic E-state index is 4.80. The molecule has 1 aromatic heterocycles. The number of aromatic nitrogens is 3. The molecule has 0 bridgehead atoms. The number of hydrogen-bond donors (Lipinski definition) is 2. The first-order valence-corrected chi connectivity index (χ1v) is 12.0. The van der Waals surface area contributed by atoms with E-state index in [-0.39, 0.29) is 5.41 Å². The smallest absolute Gasteiger partial charge is 0.191 e. The minimum Gasteiger partial charge on any atom is -0.371 e. The molecule has 0 saturated carbocycles. The third kappa shape index (κ3) is 6.47. The van der Waals surface area contributed by atoms with Gasteiger partial charge in [-0.1, -0.05) is 46.2 Å². The molecule has 0 atom stereocenters. The Labute approximate surface area is 193 Å². The third-order valence-electron chi connectivity index (χ3n) is 6.32. The number of piperidine rings is 1. The van der Waals surface area contributed by atoms with Crippen LogP contribution in [0.3, 0.4) is 0 Å². The highest BCUT2D eigenvalue weighted by atomic mass is 15.3. The summed E-state index contributed by atoms with van der Waals surface area (Å²) in [5.41, 5.74) is 2.90. The first-order chi connectivity index (χ1) is 15.3. The van der Waals surface area contributed by atoms with Crippen molar-refractivity contribution in [3.05, 3.63) is 41.5 Å². The van der Waals surface area contributed by atoms with Gasteiger partial charge in [0.15, 0.2) is 11.8 Å². The number of hydrogen-bond acceptors (Lipinski definition) is 4. The average molecular weight is 440 g/mol. The predicted octanol–water partition coefficient (Wildman–Crippen LogP) is 3.93. The van der Waals surface area contributed by atoms with Crippen LogP contribution in [0.5, 0.6) is 0 Å². The van der Waals surface area contributed by atoms with Crippen molar-refractivity contribution in [2.45, 2.75) is 78.3 Å². The summed E-state index contributed by atoms with van der Waals surface area (Å²) in [6, 6.07) is 9.52. The molecule has 1 aliphatic heterocycles. The largest absolute Gasteiger partial charge is 0.371 e. The van der Waals surface area contributed by atoms with E-state index in [9.17, 15) is 0 Å². The summed E-state index contributed by atoms with van der Waals surface area (Å²) in [5.74, 6) is 2.67. The summed E-state index contributed by atoms with van der Waals surface area (Å²) in [6.07, 6.45) is 4.49. The highest BCUT2D eigenvalue weighted by molar-refractivity contribution is 5.80. The Morgan fingerprint density at radius 2 is 1.81 bits per heavy atom. The molecule has 0 amide bonds. The number of unbranched alkanes of at least 4 members (excludes halogenated alkanes) is 1. The van der Waals surface area contributed by atoms with Crippen molar-refractivity contribution in [3.63, 3.8) is 0 Å². The molecule has 0 unspecified atom stereocenters. The number of aliphatic imine (C=N–C) groups is 1. The van der Waals surface area contributed by atoms with Crippen molar-refractivity contribution in [2.75, 3.05) is 24.5 Å². The first kappa shape index (κ1) is 24.1. The molecule has 1 aromatic carbocycles. The third-order valence-corrected chi connectivity index (χ3v) is 6.32. The number of benzene rings is 1. The van der Waals surface area contributed by atoms with Gasteiger partial charge in [0.25, 0.3) is 0 Å². The van der Waals surface area contributed by atoms with Crippen molar-refractivity contribution in [1.29, 1.82) is 0 Å². The van der Waals surface area contributed by atoms with Crippen LogP contribution in [0.1, 0.15) is 70.6 Å². The monoisotopic (exact) mass is 439 g/mol. The van der Waals surface area contributed by atoms with Crippen molar-refractivity contribution in [3.8, 4) is 0 Å². The van der Waals surface area contributed by atoms with Crippen LogP contribution in [0.4, 0.5) is 5.69 Å². The van der Waals surface area contributed by atoms with E-state index in [0.29, 0.717) is 12.6 Å². The average Bonchev–Trinajstić information content (AvgIpc) is 3.09. The zero-order valence-electron chi connectivity index (χ0n) is 20.8. The van der Waals surface area contributed by atoms with E-state index in [4.69, 9.17) is 4.99 Å². The van der Waals surface area contributed by atoms with Crippen LogP contribution in [0.25, 0.3) is 0 Å². The van der Waals surface area contributed by atoms with Crippen molar-refractivity contribution >= 4 is 11.6 Å². The van der Waals surface area contributed by atoms with E-state index in [2.05, 4.69) is 77.7 Å². The van der Waals surface area contributed by atoms with Crippen LogP contribution in [-0.2, 0) is 19.0 Å². The lowest BCUT2D eigenvalue weighted by atomic mass is 9.87. The number of rotatable bonds is 7. The van der Waals surface area contributed by atoms with Crippen LogP contribution in [-0.4, -0.2) is 46.4 Å². The Hall–Kier alpha value is -2.57. The Kier molecular flexibility index (Phi) is 8.15. The zero-order chi connectivity index (χ0) is 23.1. The number of nitrogens with zero attached hydrogens (tertiary/aromatic N) is 5. The van der Waals surface area contributed by atoms with Gasteiger partial charge < -0.3 is 20.1 Å².